The lowest BCUT2D eigenvalue weighted by molar-refractivity contribution is -0.145. The van der Waals surface area contributed by atoms with Gasteiger partial charge in [-0.05, 0) is 29.2 Å². The summed E-state index contributed by atoms with van der Waals surface area (Å²) >= 11 is 0. The normalized spacial score (nSPS) is 17.2. The zero-order valence-corrected chi connectivity index (χ0v) is 29.6. The van der Waals surface area contributed by atoms with Gasteiger partial charge in [0.15, 0.2) is 0 Å². The summed E-state index contributed by atoms with van der Waals surface area (Å²) < 4.78 is 0. The van der Waals surface area contributed by atoms with Crippen molar-refractivity contribution in [3.8, 4) is 0 Å². The second-order valence-electron chi connectivity index (χ2n) is 13.1. The van der Waals surface area contributed by atoms with E-state index in [1.54, 1.807) is 24.5 Å². The molecule has 1 atom stereocenters. The number of carbonyl (C=O) groups excluding carboxylic acids is 2. The molecule has 53 heavy (non-hydrogen) atoms. The van der Waals surface area contributed by atoms with E-state index in [0.717, 1.165) is 22.4 Å². The van der Waals surface area contributed by atoms with Crippen molar-refractivity contribution in [2.75, 3.05) is 83.4 Å². The van der Waals surface area contributed by atoms with Crippen LogP contribution in [0.5, 0.6) is 0 Å². The van der Waals surface area contributed by atoms with Gasteiger partial charge in [0.1, 0.15) is 6.04 Å². The number of nitrogens with one attached hydrogen (secondary N) is 1. The lowest BCUT2D eigenvalue weighted by atomic mass is 10.0. The van der Waals surface area contributed by atoms with Crippen molar-refractivity contribution in [1.82, 2.24) is 24.9 Å². The number of para-hydroxylation sites is 1. The monoisotopic (exact) mass is 736 g/mol. The van der Waals surface area contributed by atoms with Crippen LogP contribution in [0.25, 0.3) is 12.2 Å². The van der Waals surface area contributed by atoms with Crippen LogP contribution < -0.4 is 10.2 Å². The molecule has 0 aromatic heterocycles. The average Bonchev–Trinajstić information content (AvgIpc) is 3.09. The largest absolute Gasteiger partial charge is 0.480 e. The first-order valence-electron chi connectivity index (χ1n) is 17.6. The predicted octanol–water partition coefficient (Wildman–Crippen LogP) is 0.919. The first-order chi connectivity index (χ1) is 25.4. The third kappa shape index (κ3) is 13.1. The molecule has 2 aliphatic heterocycles. The number of benzene rings is 2. The third-order valence-electron chi connectivity index (χ3n) is 9.33. The smallest absolute Gasteiger partial charge is 0.320 e. The van der Waals surface area contributed by atoms with Crippen molar-refractivity contribution in [2.24, 2.45) is 0 Å². The number of carboxylic acids is 4. The van der Waals surface area contributed by atoms with Gasteiger partial charge in [0.2, 0.25) is 11.8 Å². The highest BCUT2D eigenvalue weighted by Gasteiger charge is 2.29. The number of aliphatic carboxylic acids is 4. The molecule has 16 nitrogen and oxygen atoms in total. The van der Waals surface area contributed by atoms with Crippen LogP contribution in [0.4, 0.5) is 5.69 Å². The van der Waals surface area contributed by atoms with Gasteiger partial charge in [-0.25, -0.2) is 0 Å². The van der Waals surface area contributed by atoms with Gasteiger partial charge in [-0.3, -0.25) is 48.4 Å². The molecular formula is C37H48N6O10. The number of nitrogens with zero attached hydrogens (tertiary/aromatic N) is 5. The van der Waals surface area contributed by atoms with Crippen molar-refractivity contribution in [1.29, 1.82) is 0 Å². The molecule has 0 radical (unpaired) electrons. The van der Waals surface area contributed by atoms with Crippen molar-refractivity contribution in [2.45, 2.75) is 31.8 Å². The lowest BCUT2D eigenvalue weighted by Gasteiger charge is -2.35. The maximum absolute atomic E-state index is 13.5. The average molecular weight is 737 g/mol. The van der Waals surface area contributed by atoms with Gasteiger partial charge < -0.3 is 30.6 Å². The van der Waals surface area contributed by atoms with E-state index in [4.69, 9.17) is 0 Å². The molecule has 2 amide bonds. The Bertz CT molecular complexity index is 1620. The number of hydrogen-bond donors (Lipinski definition) is 5. The van der Waals surface area contributed by atoms with E-state index >= 15 is 0 Å². The standard InChI is InChI=1S/C37H48N6O10/c44-32(38-14-13-33(45)43-23-29-7-2-1-5-27(29)9-10-28-6-3-4-8-30(28)43)12-11-31(37(52)53)42-21-19-40(25-35(48)49)17-15-39(24-34(46)47)16-18-41(20-22-42)26-36(50)51/h1-10,31H,11-26H2,(H,38,44)(H,46,47)(H,48,49)(H,50,51)(H,52,53). The fraction of sp³-hybridized carbons (Fsp3) is 0.459. The van der Waals surface area contributed by atoms with Crippen LogP contribution in [-0.2, 0) is 35.3 Å². The van der Waals surface area contributed by atoms with Crippen molar-refractivity contribution in [3.05, 3.63) is 65.2 Å². The maximum atomic E-state index is 13.5. The molecule has 0 saturated carbocycles. The fourth-order valence-electron chi connectivity index (χ4n) is 6.55. The Labute approximate surface area is 307 Å². The number of anilines is 1. The minimum atomic E-state index is -1.19. The van der Waals surface area contributed by atoms with Gasteiger partial charge in [-0.1, -0.05) is 54.6 Å². The summed E-state index contributed by atoms with van der Waals surface area (Å²) in [5.41, 5.74) is 3.63. The van der Waals surface area contributed by atoms with Gasteiger partial charge >= 0.3 is 23.9 Å². The Hall–Kier alpha value is -5.16. The lowest BCUT2D eigenvalue weighted by Crippen LogP contribution is -2.52. The molecule has 1 saturated heterocycles. The van der Waals surface area contributed by atoms with Crippen LogP contribution >= 0.6 is 0 Å². The molecule has 1 fully saturated rings. The van der Waals surface area contributed by atoms with Gasteiger partial charge in [0, 0.05) is 71.7 Å². The molecule has 286 valence electrons. The maximum Gasteiger partial charge on any atom is 0.320 e. The van der Waals surface area contributed by atoms with E-state index in [-0.39, 0.29) is 104 Å². The second kappa shape index (κ2) is 20.2. The summed E-state index contributed by atoms with van der Waals surface area (Å²) in [7, 11) is 0. The van der Waals surface area contributed by atoms with E-state index in [2.05, 4.69) is 5.32 Å². The summed E-state index contributed by atoms with van der Waals surface area (Å²) in [6.07, 6.45) is 3.77. The molecule has 2 aliphatic rings. The quantitative estimate of drug-likeness (QED) is 0.183. The Morgan fingerprint density at radius 2 is 1.11 bits per heavy atom. The van der Waals surface area contributed by atoms with Crippen LogP contribution in [0.15, 0.2) is 48.5 Å². The summed E-state index contributed by atoms with van der Waals surface area (Å²) in [6.45, 7) is 0.714. The summed E-state index contributed by atoms with van der Waals surface area (Å²) in [5, 5.41) is 41.3. The van der Waals surface area contributed by atoms with E-state index in [0.29, 0.717) is 6.54 Å². The highest BCUT2D eigenvalue weighted by molar-refractivity contribution is 5.97. The summed E-state index contributed by atoms with van der Waals surface area (Å²) in [4.78, 5) is 81.9. The Morgan fingerprint density at radius 1 is 0.623 bits per heavy atom. The second-order valence-corrected chi connectivity index (χ2v) is 13.1. The first kappa shape index (κ1) is 40.6. The molecule has 5 N–H and O–H groups in total. The highest BCUT2D eigenvalue weighted by atomic mass is 16.4. The van der Waals surface area contributed by atoms with Crippen LogP contribution in [0.1, 0.15) is 36.0 Å². The fourth-order valence-corrected chi connectivity index (χ4v) is 6.55. The minimum absolute atomic E-state index is 0.0170. The van der Waals surface area contributed by atoms with Crippen LogP contribution in [-0.4, -0.2) is 160 Å². The number of amides is 2. The van der Waals surface area contributed by atoms with Gasteiger partial charge in [-0.15, -0.1) is 0 Å². The molecule has 16 heteroatoms. The van der Waals surface area contributed by atoms with Crippen LogP contribution in [0, 0.1) is 0 Å². The van der Waals surface area contributed by atoms with E-state index in [9.17, 15) is 49.2 Å². The minimum Gasteiger partial charge on any atom is -0.480 e. The zero-order chi connectivity index (χ0) is 38.3. The molecular weight excluding hydrogens is 688 g/mol. The molecule has 2 aromatic carbocycles. The van der Waals surface area contributed by atoms with Crippen molar-refractivity contribution < 1.29 is 49.2 Å². The van der Waals surface area contributed by atoms with Gasteiger partial charge in [0.25, 0.3) is 0 Å². The van der Waals surface area contributed by atoms with Crippen LogP contribution in [0.2, 0.25) is 0 Å². The predicted molar refractivity (Wildman–Crippen MR) is 195 cm³/mol. The molecule has 2 heterocycles. The topological polar surface area (TPSA) is 212 Å². The number of fused-ring (bicyclic) bond motifs is 2. The molecule has 0 spiro atoms. The number of rotatable bonds is 14. The molecule has 0 bridgehead atoms. The van der Waals surface area contributed by atoms with E-state index < -0.39 is 35.8 Å². The highest BCUT2D eigenvalue weighted by Crippen LogP contribution is 2.29. The Balaban J connectivity index is 1.39. The van der Waals surface area contributed by atoms with Crippen molar-refractivity contribution in [3.63, 3.8) is 0 Å². The van der Waals surface area contributed by atoms with Crippen molar-refractivity contribution >= 4 is 53.5 Å². The van der Waals surface area contributed by atoms with E-state index in [1.165, 1.54) is 0 Å². The SMILES string of the molecule is O=C(O)CN1CCN(CC(=O)O)CCN(C(CCC(=O)NCCC(=O)N2Cc3ccccc3C=Cc3ccccc32)C(=O)O)CCN(CC(=O)O)CC1. The Kier molecular flexibility index (Phi) is 15.5. The Morgan fingerprint density at radius 3 is 1.66 bits per heavy atom. The van der Waals surface area contributed by atoms with Gasteiger partial charge in [-0.2, -0.15) is 0 Å². The zero-order valence-electron chi connectivity index (χ0n) is 29.6. The van der Waals surface area contributed by atoms with Crippen LogP contribution in [0.3, 0.4) is 0 Å². The first-order valence-corrected chi connectivity index (χ1v) is 17.6. The van der Waals surface area contributed by atoms with E-state index in [1.807, 2.05) is 60.7 Å². The molecule has 1 unspecified atom stereocenters. The molecule has 2 aromatic rings. The van der Waals surface area contributed by atoms with Gasteiger partial charge in [0.05, 0.1) is 31.9 Å². The third-order valence-corrected chi connectivity index (χ3v) is 9.33. The number of carboxylic acid groups (broad SMARTS) is 4. The summed E-state index contributed by atoms with van der Waals surface area (Å²) in [5.74, 6) is -5.06. The summed E-state index contributed by atoms with van der Waals surface area (Å²) in [6, 6.07) is 14.2. The molecule has 0 aliphatic carbocycles. The molecule has 4 rings (SSSR count). The number of hydrogen-bond acceptors (Lipinski definition) is 10. The number of carbonyl (C=O) groups is 6.